The lowest BCUT2D eigenvalue weighted by molar-refractivity contribution is 0.122. The van der Waals surface area contributed by atoms with Gasteiger partial charge >= 0.3 is 6.16 Å². The second-order valence-electron chi connectivity index (χ2n) is 3.09. The molecule has 0 atom stereocenters. The number of nitrogen functional groups attached to an aromatic ring is 1. The van der Waals surface area contributed by atoms with Crippen LogP contribution in [0.15, 0.2) is 5.38 Å². The average molecular weight is 215 g/mol. The smallest absolute Gasteiger partial charge is 0.437 e. The van der Waals surface area contributed by atoms with Gasteiger partial charge < -0.3 is 15.2 Å². The Balaban J connectivity index is 2.84. The van der Waals surface area contributed by atoms with Crippen molar-refractivity contribution in [3.05, 3.63) is 10.3 Å². The number of carbonyl (C=O) groups excluding carboxylic acids is 1. The number of thiophene rings is 1. The van der Waals surface area contributed by atoms with Gasteiger partial charge in [0.05, 0.1) is 12.8 Å². The summed E-state index contributed by atoms with van der Waals surface area (Å²) in [6.45, 7) is 4.06. The normalized spacial score (nSPS) is 10.3. The van der Waals surface area contributed by atoms with E-state index in [9.17, 15) is 4.79 Å². The van der Waals surface area contributed by atoms with E-state index in [-0.39, 0.29) is 0 Å². The molecule has 1 aromatic rings. The Labute approximate surface area is 86.6 Å². The Morgan fingerprint density at radius 2 is 2.21 bits per heavy atom. The highest BCUT2D eigenvalue weighted by Crippen LogP contribution is 2.36. The SMILES string of the molecule is COC(=O)Oc1csc(C(C)C)c1N. The minimum atomic E-state index is -0.746. The molecule has 0 aliphatic heterocycles. The Morgan fingerprint density at radius 3 is 2.64 bits per heavy atom. The van der Waals surface area contributed by atoms with Crippen molar-refractivity contribution in [3.8, 4) is 5.75 Å². The molecule has 0 aliphatic carbocycles. The summed E-state index contributed by atoms with van der Waals surface area (Å²) in [6.07, 6.45) is -0.746. The molecule has 0 fully saturated rings. The molecule has 1 rings (SSSR count). The zero-order valence-corrected chi connectivity index (χ0v) is 9.18. The minimum Gasteiger partial charge on any atom is -0.437 e. The van der Waals surface area contributed by atoms with Crippen LogP contribution in [-0.2, 0) is 4.74 Å². The lowest BCUT2D eigenvalue weighted by Crippen LogP contribution is -2.08. The van der Waals surface area contributed by atoms with Crippen LogP contribution in [0.1, 0.15) is 24.6 Å². The first kappa shape index (κ1) is 10.8. The predicted octanol–water partition coefficient (Wildman–Crippen LogP) is 2.60. The summed E-state index contributed by atoms with van der Waals surface area (Å²) in [5.74, 6) is 0.709. The number of carbonyl (C=O) groups is 1. The van der Waals surface area contributed by atoms with Crippen LogP contribution in [0.5, 0.6) is 5.75 Å². The molecule has 1 heterocycles. The molecule has 1 aromatic heterocycles. The molecular weight excluding hydrogens is 202 g/mol. The number of ether oxygens (including phenoxy) is 2. The molecule has 0 aromatic carbocycles. The number of methoxy groups -OCH3 is 1. The van der Waals surface area contributed by atoms with Crippen molar-refractivity contribution < 1.29 is 14.3 Å². The van der Waals surface area contributed by atoms with Crippen LogP contribution in [0.2, 0.25) is 0 Å². The zero-order valence-electron chi connectivity index (χ0n) is 8.37. The minimum absolute atomic E-state index is 0.329. The number of anilines is 1. The van der Waals surface area contributed by atoms with E-state index < -0.39 is 6.16 Å². The molecule has 14 heavy (non-hydrogen) atoms. The van der Waals surface area contributed by atoms with Crippen molar-refractivity contribution in [2.24, 2.45) is 0 Å². The number of nitrogens with two attached hydrogens (primary N) is 1. The zero-order chi connectivity index (χ0) is 10.7. The Morgan fingerprint density at radius 1 is 1.57 bits per heavy atom. The molecule has 78 valence electrons. The van der Waals surface area contributed by atoms with Crippen molar-refractivity contribution in [2.45, 2.75) is 19.8 Å². The number of hydrogen-bond acceptors (Lipinski definition) is 5. The highest BCUT2D eigenvalue weighted by Gasteiger charge is 2.15. The first-order valence-corrected chi connectivity index (χ1v) is 5.06. The van der Waals surface area contributed by atoms with E-state index >= 15 is 0 Å². The van der Waals surface area contributed by atoms with Crippen LogP contribution in [-0.4, -0.2) is 13.3 Å². The summed E-state index contributed by atoms with van der Waals surface area (Å²) in [5, 5.41) is 1.71. The van der Waals surface area contributed by atoms with E-state index in [1.165, 1.54) is 18.4 Å². The maximum absolute atomic E-state index is 10.8. The molecule has 2 N–H and O–H groups in total. The van der Waals surface area contributed by atoms with Crippen molar-refractivity contribution in [1.82, 2.24) is 0 Å². The molecule has 0 spiro atoms. The van der Waals surface area contributed by atoms with E-state index in [2.05, 4.69) is 4.74 Å². The van der Waals surface area contributed by atoms with Gasteiger partial charge in [-0.15, -0.1) is 11.3 Å². The largest absolute Gasteiger partial charge is 0.513 e. The van der Waals surface area contributed by atoms with Gasteiger partial charge in [-0.2, -0.15) is 0 Å². The van der Waals surface area contributed by atoms with Gasteiger partial charge in [0.1, 0.15) is 0 Å². The number of rotatable bonds is 2. The summed E-state index contributed by atoms with van der Waals surface area (Å²) in [7, 11) is 1.26. The third-order valence-electron chi connectivity index (χ3n) is 1.71. The highest BCUT2D eigenvalue weighted by molar-refractivity contribution is 7.11. The molecular formula is C9H13NO3S. The Kier molecular flexibility index (Phi) is 3.35. The fraction of sp³-hybridized carbons (Fsp3) is 0.444. The lowest BCUT2D eigenvalue weighted by atomic mass is 10.1. The van der Waals surface area contributed by atoms with Crippen molar-refractivity contribution in [2.75, 3.05) is 12.8 Å². The van der Waals surface area contributed by atoms with Crippen LogP contribution >= 0.6 is 11.3 Å². The van der Waals surface area contributed by atoms with E-state index in [1.54, 1.807) is 5.38 Å². The van der Waals surface area contributed by atoms with Crippen LogP contribution in [0.4, 0.5) is 10.5 Å². The van der Waals surface area contributed by atoms with Gasteiger partial charge in [-0.05, 0) is 5.92 Å². The standard InChI is InChI=1S/C9H13NO3S/c1-5(2)8-7(10)6(4-14-8)13-9(11)12-3/h4-5H,10H2,1-3H3. The Hall–Kier alpha value is -1.23. The molecule has 0 radical (unpaired) electrons. The maximum Gasteiger partial charge on any atom is 0.513 e. The van der Waals surface area contributed by atoms with E-state index in [4.69, 9.17) is 10.5 Å². The van der Waals surface area contributed by atoms with Crippen LogP contribution in [0.25, 0.3) is 0 Å². The number of hydrogen-bond donors (Lipinski definition) is 1. The first-order valence-electron chi connectivity index (χ1n) is 4.19. The van der Waals surface area contributed by atoms with Crippen LogP contribution in [0, 0.1) is 0 Å². The second kappa shape index (κ2) is 4.32. The summed E-state index contributed by atoms with van der Waals surface area (Å²) < 4.78 is 9.22. The maximum atomic E-state index is 10.8. The van der Waals surface area contributed by atoms with Gasteiger partial charge in [-0.1, -0.05) is 13.8 Å². The molecule has 0 bridgehead atoms. The van der Waals surface area contributed by atoms with E-state index in [1.807, 2.05) is 13.8 Å². The van der Waals surface area contributed by atoms with Crippen molar-refractivity contribution >= 4 is 23.2 Å². The highest BCUT2D eigenvalue weighted by atomic mass is 32.1. The van der Waals surface area contributed by atoms with Gasteiger partial charge in [0.2, 0.25) is 0 Å². The third kappa shape index (κ3) is 2.17. The first-order chi connectivity index (χ1) is 6.56. The van der Waals surface area contributed by atoms with Gasteiger partial charge in [0.15, 0.2) is 5.75 Å². The van der Waals surface area contributed by atoms with Crippen LogP contribution in [0.3, 0.4) is 0 Å². The lowest BCUT2D eigenvalue weighted by Gasteiger charge is -2.04. The third-order valence-corrected chi connectivity index (χ3v) is 2.99. The molecule has 0 amide bonds. The summed E-state index contributed by atoms with van der Waals surface area (Å²) in [4.78, 5) is 11.8. The quantitative estimate of drug-likeness (QED) is 0.770. The topological polar surface area (TPSA) is 61.5 Å². The van der Waals surface area contributed by atoms with Crippen LogP contribution < -0.4 is 10.5 Å². The van der Waals surface area contributed by atoms with Gasteiger partial charge in [0.25, 0.3) is 0 Å². The molecule has 0 unspecified atom stereocenters. The molecule has 5 heteroatoms. The molecule has 4 nitrogen and oxygen atoms in total. The average Bonchev–Trinajstić information content (AvgIpc) is 2.48. The summed E-state index contributed by atoms with van der Waals surface area (Å²) >= 11 is 1.48. The molecule has 0 saturated carbocycles. The van der Waals surface area contributed by atoms with Gasteiger partial charge in [0, 0.05) is 10.3 Å². The predicted molar refractivity (Wildman–Crippen MR) is 55.9 cm³/mol. The monoisotopic (exact) mass is 215 g/mol. The molecule has 0 saturated heterocycles. The fourth-order valence-corrected chi connectivity index (χ4v) is 1.93. The van der Waals surface area contributed by atoms with Crippen molar-refractivity contribution in [3.63, 3.8) is 0 Å². The fourth-order valence-electron chi connectivity index (χ4n) is 1.02. The van der Waals surface area contributed by atoms with Gasteiger partial charge in [-0.25, -0.2) is 4.79 Å². The Bertz CT molecular complexity index is 333. The van der Waals surface area contributed by atoms with E-state index in [0.717, 1.165) is 4.88 Å². The molecule has 0 aliphatic rings. The summed E-state index contributed by atoms with van der Waals surface area (Å²) in [5.41, 5.74) is 6.31. The van der Waals surface area contributed by atoms with Gasteiger partial charge in [-0.3, -0.25) is 0 Å². The van der Waals surface area contributed by atoms with Crippen molar-refractivity contribution in [1.29, 1.82) is 0 Å². The second-order valence-corrected chi connectivity index (χ2v) is 4.00. The summed E-state index contributed by atoms with van der Waals surface area (Å²) in [6, 6.07) is 0. The van der Waals surface area contributed by atoms with E-state index in [0.29, 0.717) is 17.4 Å².